The number of aliphatic hydroxyl groups excluding tert-OH is 1. The van der Waals surface area contributed by atoms with Gasteiger partial charge in [-0.3, -0.25) is 0 Å². The van der Waals surface area contributed by atoms with Gasteiger partial charge in [-0.25, -0.2) is 4.57 Å². The highest BCUT2D eigenvalue weighted by molar-refractivity contribution is 5.12. The largest absolute Gasteiger partial charge is 0.391 e. The third kappa shape index (κ3) is 1.54. The maximum atomic E-state index is 8.77. The first-order valence-corrected chi connectivity index (χ1v) is 3.29. The molecule has 0 radical (unpaired) electrons. The number of pyridine rings is 1. The van der Waals surface area contributed by atoms with Crippen LogP contribution in [0.25, 0.3) is 0 Å². The lowest BCUT2D eigenvalue weighted by atomic mass is 10.2. The Hall–Kier alpha value is -0.890. The lowest BCUT2D eigenvalue weighted by Crippen LogP contribution is -2.27. The molecule has 0 bridgehead atoms. The predicted octanol–water partition coefficient (Wildman–Crippen LogP) is 0.312. The first-order valence-electron chi connectivity index (χ1n) is 3.29. The summed E-state index contributed by atoms with van der Waals surface area (Å²) < 4.78 is 1.95. The Morgan fingerprint density at radius 3 is 2.70 bits per heavy atom. The Morgan fingerprint density at radius 1 is 1.50 bits per heavy atom. The molecule has 0 aliphatic heterocycles. The second-order valence-corrected chi connectivity index (χ2v) is 2.55. The average Bonchev–Trinajstić information content (AvgIpc) is 1.85. The van der Waals surface area contributed by atoms with Crippen molar-refractivity contribution in [2.75, 3.05) is 0 Å². The molecule has 2 nitrogen and oxygen atoms in total. The van der Waals surface area contributed by atoms with Crippen LogP contribution in [0.2, 0.25) is 0 Å². The minimum absolute atomic E-state index is 0.121. The topological polar surface area (TPSA) is 24.1 Å². The van der Waals surface area contributed by atoms with Crippen molar-refractivity contribution in [3.8, 4) is 0 Å². The maximum absolute atomic E-state index is 8.77. The number of hydrogen-bond donors (Lipinski definition) is 1. The van der Waals surface area contributed by atoms with E-state index in [2.05, 4.69) is 0 Å². The van der Waals surface area contributed by atoms with Crippen molar-refractivity contribution in [3.05, 3.63) is 29.6 Å². The maximum Gasteiger partial charge on any atom is 0.174 e. The second kappa shape index (κ2) is 2.80. The van der Waals surface area contributed by atoms with Crippen LogP contribution in [0.1, 0.15) is 11.1 Å². The molecule has 1 rings (SSSR count). The summed E-state index contributed by atoms with van der Waals surface area (Å²) in [6.45, 7) is 2.13. The van der Waals surface area contributed by atoms with Gasteiger partial charge in [-0.2, -0.15) is 0 Å². The van der Waals surface area contributed by atoms with Gasteiger partial charge in [-0.1, -0.05) is 0 Å². The van der Waals surface area contributed by atoms with Crippen molar-refractivity contribution in [3.63, 3.8) is 0 Å². The van der Waals surface area contributed by atoms with E-state index in [-0.39, 0.29) is 6.61 Å². The summed E-state index contributed by atoms with van der Waals surface area (Å²) in [4.78, 5) is 0. The summed E-state index contributed by atoms with van der Waals surface area (Å²) in [7, 11) is 1.95. The van der Waals surface area contributed by atoms with Crippen LogP contribution >= 0.6 is 0 Å². The van der Waals surface area contributed by atoms with Gasteiger partial charge in [0.1, 0.15) is 7.05 Å². The highest BCUT2D eigenvalue weighted by Gasteiger charge is 1.98. The van der Waals surface area contributed by atoms with E-state index in [1.165, 1.54) is 5.56 Å². The fraction of sp³-hybridized carbons (Fsp3) is 0.375. The van der Waals surface area contributed by atoms with Crippen LogP contribution in [0.15, 0.2) is 18.5 Å². The van der Waals surface area contributed by atoms with Crippen molar-refractivity contribution in [1.29, 1.82) is 0 Å². The number of rotatable bonds is 1. The average molecular weight is 138 g/mol. The Morgan fingerprint density at radius 2 is 2.20 bits per heavy atom. The molecule has 1 N–H and O–H groups in total. The lowest BCUT2D eigenvalue weighted by Gasteiger charge is -1.94. The molecule has 0 aliphatic carbocycles. The van der Waals surface area contributed by atoms with E-state index in [4.69, 9.17) is 5.11 Å². The summed E-state index contributed by atoms with van der Waals surface area (Å²) >= 11 is 0. The molecule has 1 aromatic heterocycles. The van der Waals surface area contributed by atoms with Crippen LogP contribution in [0.3, 0.4) is 0 Å². The molecular formula is C8H12NO+. The minimum Gasteiger partial charge on any atom is -0.391 e. The van der Waals surface area contributed by atoms with Crippen LogP contribution in [-0.4, -0.2) is 5.11 Å². The lowest BCUT2D eigenvalue weighted by molar-refractivity contribution is -0.672. The SMILES string of the molecule is Cc1cc(CO)c[n+](C)c1. The molecular weight excluding hydrogens is 126 g/mol. The van der Waals surface area contributed by atoms with E-state index in [0.717, 1.165) is 5.56 Å². The molecule has 0 aliphatic rings. The molecule has 54 valence electrons. The summed E-state index contributed by atoms with van der Waals surface area (Å²) in [6, 6.07) is 1.97. The molecule has 0 amide bonds. The molecule has 1 heterocycles. The normalized spacial score (nSPS) is 9.90. The number of aliphatic hydroxyl groups is 1. The van der Waals surface area contributed by atoms with Gasteiger partial charge < -0.3 is 5.11 Å². The predicted molar refractivity (Wildman–Crippen MR) is 38.3 cm³/mol. The molecule has 0 fully saturated rings. The van der Waals surface area contributed by atoms with Gasteiger partial charge >= 0.3 is 0 Å². The smallest absolute Gasteiger partial charge is 0.174 e. The Bertz CT molecular complexity index is 212. The zero-order valence-electron chi connectivity index (χ0n) is 6.33. The summed E-state index contributed by atoms with van der Waals surface area (Å²) in [5.41, 5.74) is 2.14. The Kier molecular flexibility index (Phi) is 2.02. The van der Waals surface area contributed by atoms with Crippen molar-refractivity contribution >= 4 is 0 Å². The third-order valence-corrected chi connectivity index (χ3v) is 1.37. The van der Waals surface area contributed by atoms with Crippen LogP contribution in [-0.2, 0) is 13.7 Å². The van der Waals surface area contributed by atoms with Gasteiger partial charge in [0.05, 0.1) is 6.61 Å². The summed E-state index contributed by atoms with van der Waals surface area (Å²) in [6.07, 6.45) is 3.92. The van der Waals surface area contributed by atoms with Gasteiger partial charge in [0.15, 0.2) is 12.4 Å². The van der Waals surface area contributed by atoms with Crippen molar-refractivity contribution in [2.24, 2.45) is 7.05 Å². The molecule has 1 aromatic rings. The van der Waals surface area contributed by atoms with E-state index in [1.54, 1.807) is 0 Å². The van der Waals surface area contributed by atoms with Gasteiger partial charge in [0.25, 0.3) is 0 Å². The Balaban J connectivity index is 3.06. The van der Waals surface area contributed by atoms with Crippen LogP contribution in [0.5, 0.6) is 0 Å². The van der Waals surface area contributed by atoms with Crippen molar-refractivity contribution < 1.29 is 9.67 Å². The van der Waals surface area contributed by atoms with Gasteiger partial charge in [0.2, 0.25) is 0 Å². The zero-order chi connectivity index (χ0) is 7.56. The third-order valence-electron chi connectivity index (χ3n) is 1.37. The van der Waals surface area contributed by atoms with Crippen LogP contribution in [0.4, 0.5) is 0 Å². The summed E-state index contributed by atoms with van der Waals surface area (Å²) in [5.74, 6) is 0. The standard InChI is InChI=1S/C8H12NO/c1-7-3-8(6-10)5-9(2)4-7/h3-5,10H,6H2,1-2H3/q+1. The quantitative estimate of drug-likeness (QED) is 0.555. The van der Waals surface area contributed by atoms with E-state index >= 15 is 0 Å². The van der Waals surface area contributed by atoms with Crippen LogP contribution < -0.4 is 4.57 Å². The minimum atomic E-state index is 0.121. The Labute approximate surface area is 60.8 Å². The molecule has 0 saturated heterocycles. The second-order valence-electron chi connectivity index (χ2n) is 2.55. The first kappa shape index (κ1) is 7.22. The monoisotopic (exact) mass is 138 g/mol. The number of aromatic nitrogens is 1. The molecule has 0 aromatic carbocycles. The fourth-order valence-corrected chi connectivity index (χ4v) is 1.07. The highest BCUT2D eigenvalue weighted by atomic mass is 16.3. The first-order chi connectivity index (χ1) is 4.72. The summed E-state index contributed by atoms with van der Waals surface area (Å²) in [5, 5.41) is 8.77. The van der Waals surface area contributed by atoms with Crippen molar-refractivity contribution in [2.45, 2.75) is 13.5 Å². The number of hydrogen-bond acceptors (Lipinski definition) is 1. The molecule has 0 unspecified atom stereocenters. The van der Waals surface area contributed by atoms with Gasteiger partial charge in [-0.15, -0.1) is 0 Å². The molecule has 0 saturated carbocycles. The molecule has 0 atom stereocenters. The number of nitrogens with zero attached hydrogens (tertiary/aromatic N) is 1. The van der Waals surface area contributed by atoms with E-state index in [9.17, 15) is 0 Å². The highest BCUT2D eigenvalue weighted by Crippen LogP contribution is 1.97. The molecule has 0 spiro atoms. The zero-order valence-corrected chi connectivity index (χ0v) is 6.33. The molecule has 2 heteroatoms. The van der Waals surface area contributed by atoms with Gasteiger partial charge in [0, 0.05) is 11.1 Å². The fourth-order valence-electron chi connectivity index (χ4n) is 1.07. The number of aryl methyl sites for hydroxylation is 2. The van der Waals surface area contributed by atoms with Crippen molar-refractivity contribution in [1.82, 2.24) is 0 Å². The molecule has 10 heavy (non-hydrogen) atoms. The van der Waals surface area contributed by atoms with E-state index in [1.807, 2.05) is 37.0 Å². The van der Waals surface area contributed by atoms with Crippen LogP contribution in [0, 0.1) is 6.92 Å². The van der Waals surface area contributed by atoms with E-state index in [0.29, 0.717) is 0 Å². The van der Waals surface area contributed by atoms with Gasteiger partial charge in [-0.05, 0) is 13.0 Å². The van der Waals surface area contributed by atoms with E-state index < -0.39 is 0 Å².